The molecule has 0 bridgehead atoms. The van der Waals surface area contributed by atoms with Crippen molar-refractivity contribution in [2.75, 3.05) is 33.0 Å². The zero-order chi connectivity index (χ0) is 109. The van der Waals surface area contributed by atoms with Crippen LogP contribution in [-0.2, 0) is 73.7 Å². The van der Waals surface area contributed by atoms with Gasteiger partial charge in [0, 0.05) is 18.4 Å². The fourth-order valence-electron chi connectivity index (χ4n) is 11.9. The quantitative estimate of drug-likeness (QED) is 0.0186. The zero-order valence-corrected chi connectivity index (χ0v) is 98.3. The number of fused-ring (bicyclic) bond motifs is 3. The van der Waals surface area contributed by atoms with Gasteiger partial charge in [-0.2, -0.15) is 0 Å². The lowest BCUT2D eigenvalue weighted by molar-refractivity contribution is -0.149. The molecule has 0 radical (unpaired) electrons. The van der Waals surface area contributed by atoms with Gasteiger partial charge in [0.25, 0.3) is 0 Å². The normalized spacial score (nSPS) is 10.7. The Labute approximate surface area is 869 Å². The van der Waals surface area contributed by atoms with Crippen LogP contribution in [-0.4, -0.2) is 75.9 Å². The fourth-order valence-corrected chi connectivity index (χ4v) is 14.4. The van der Waals surface area contributed by atoms with Crippen LogP contribution in [0.15, 0.2) is 250 Å². The fraction of sp³-hybridized carbons (Fsp3) is 0.558. The van der Waals surface area contributed by atoms with Crippen molar-refractivity contribution >= 4 is 37.7 Å². The Hall–Kier alpha value is -9.07. The lowest BCUT2D eigenvalue weighted by Crippen LogP contribution is -2.30. The van der Waals surface area contributed by atoms with Gasteiger partial charge in [-0.15, -0.1) is 6.58 Å². The Bertz CT molecular complexity index is 4140. The van der Waals surface area contributed by atoms with E-state index in [-0.39, 0.29) is 71.8 Å². The molecule has 11 nitrogen and oxygen atoms in total. The van der Waals surface area contributed by atoms with Crippen molar-refractivity contribution < 1.29 is 52.8 Å². The molecule has 796 valence electrons. The molecule has 1 aliphatic rings. The van der Waals surface area contributed by atoms with Crippen LogP contribution in [0.5, 0.6) is 0 Å². The van der Waals surface area contributed by atoms with Gasteiger partial charge < -0.3 is 28.8 Å². The largest absolute Gasteiger partial charge is 0.465 e. The van der Waals surface area contributed by atoms with E-state index in [2.05, 4.69) is 356 Å². The monoisotopic (exact) mass is 1960 g/mol. The van der Waals surface area contributed by atoms with E-state index in [1.165, 1.54) is 80.9 Å². The maximum absolute atomic E-state index is 11.7. The highest BCUT2D eigenvalue weighted by Gasteiger charge is 2.30. The number of hydrogen-bond donors (Lipinski definition) is 1. The summed E-state index contributed by atoms with van der Waals surface area (Å²) in [6, 6.07) is 78.5. The third-order valence-corrected chi connectivity index (χ3v) is 25.5. The number of carbonyl (C=O) groups is 5. The third-order valence-electron chi connectivity index (χ3n) is 20.5. The number of aliphatic hydroxyl groups is 1. The molecule has 141 heavy (non-hydrogen) atoms. The first-order valence-corrected chi connectivity index (χ1v) is 56.4. The summed E-state index contributed by atoms with van der Waals surface area (Å²) < 4.78 is 25.4. The number of benzene rings is 8. The Kier molecular flexibility index (Phi) is 90.8. The summed E-state index contributed by atoms with van der Waals surface area (Å²) in [6.07, 6.45) is 10.5. The predicted molar refractivity (Wildman–Crippen MR) is 619 cm³/mol. The molecular weight excluding hydrogens is 1750 g/mol. The second-order valence-electron chi connectivity index (χ2n) is 43.4. The zero-order valence-electron chi connectivity index (χ0n) is 97.3. The Morgan fingerprint density at radius 3 is 0.972 bits per heavy atom. The van der Waals surface area contributed by atoms with Crippen LogP contribution in [0.4, 0.5) is 0 Å². The Morgan fingerprint density at radius 1 is 0.362 bits per heavy atom. The molecule has 0 fully saturated rings. The van der Waals surface area contributed by atoms with Crippen LogP contribution in [0.1, 0.15) is 340 Å². The van der Waals surface area contributed by atoms with Gasteiger partial charge in [-0.1, -0.05) is 530 Å². The number of rotatable bonds is 32. The van der Waals surface area contributed by atoms with Crippen molar-refractivity contribution in [1.82, 2.24) is 0 Å². The summed E-state index contributed by atoms with van der Waals surface area (Å²) >= 11 is 0. The topological polar surface area (TPSA) is 152 Å². The van der Waals surface area contributed by atoms with Gasteiger partial charge in [0.15, 0.2) is 0 Å². The third kappa shape index (κ3) is 88.4. The molecule has 1 aliphatic carbocycles. The molecule has 0 aromatic heterocycles. The van der Waals surface area contributed by atoms with Gasteiger partial charge in [0.2, 0.25) is 0 Å². The highest BCUT2D eigenvalue weighted by molar-refractivity contribution is 6.78. The standard InChI is InChI=1S/C18H18O2.C12H10.2C11H16O.C10H14.C9H22Si.C9H12.C8H16O2.C7H14O2.C7H12O2.C7H16.C6H12.C5H10O.C5H12.C4H10/c1-12(2)18(19)20-11-17-15-9-5-3-7-13(15)14-8-4-6-10-16(14)17;1-3-7-11(8-4-1)12-9-5-2-6-10-12;1-9(2)7-10-3-5-11(8-12)6-4-10;1-10(2)8-12-9-11-6-4-3-5-7-11;1-9(2)8-10-6-4-3-5-7-10;1-8(2)7-10(5,6)9(3)4;1-8(2)9-6-4-3-5-7-9;1-6(2)5-10-8(9)7(3)4;2*1-4-5-9-7(8)6(2)3;1-6(2)5-7(3)4;1-4-5-6(2)3;1-4(2)5(3)6;1-4-5(2)3;1-4(2)3/h3-10,12,17H,11H2,1-2H3;1-10H;3-6,9,12H,7-8H2,1-2H3;3-7,10H,8-9H2,1-2H3;3-7,9H,8H2,1-2H3;8-9H,7H2,1-6H3;3-8H,1-2H3;6-7H,5H2,1-4H3;6H,4-5H2,1-3H3;4,6H,1,5H2,2-3H3;6-7H,5H2,1-4H3;4,6H,1,5H2,2-3H3;4H,1-3H3;5H,4H2,1-3H3;4H,1-3H3. The molecule has 0 unspecified atom stereocenters. The van der Waals surface area contributed by atoms with Crippen LogP contribution < -0.4 is 0 Å². The Morgan fingerprint density at radius 2 is 0.695 bits per heavy atom. The summed E-state index contributed by atoms with van der Waals surface area (Å²) in [5.41, 5.74) is 15.0. The van der Waals surface area contributed by atoms with Gasteiger partial charge in [-0.05, 0) is 165 Å². The molecule has 8 aromatic carbocycles. The van der Waals surface area contributed by atoms with Crippen molar-refractivity contribution in [2.45, 2.75) is 351 Å². The summed E-state index contributed by atoms with van der Waals surface area (Å²) in [7, 11) is -0.844. The van der Waals surface area contributed by atoms with Gasteiger partial charge >= 0.3 is 23.9 Å². The summed E-state index contributed by atoms with van der Waals surface area (Å²) in [4.78, 5) is 54.0. The molecule has 1 N–H and O–H groups in total. The number of esters is 4. The van der Waals surface area contributed by atoms with E-state index in [4.69, 9.17) is 28.8 Å². The van der Waals surface area contributed by atoms with Crippen LogP contribution >= 0.6 is 0 Å². The molecule has 0 atom stereocenters. The molecule has 0 heterocycles. The lowest BCUT2D eigenvalue weighted by Gasteiger charge is -2.28. The molecular formula is C129H210O11Si. The number of carbonyl (C=O) groups excluding carboxylic acids is 5. The van der Waals surface area contributed by atoms with Crippen molar-refractivity contribution in [3.63, 3.8) is 0 Å². The minimum absolute atomic E-state index is 0.00116. The smallest absolute Gasteiger partial charge is 0.308 e. The lowest BCUT2D eigenvalue weighted by atomic mass is 9.98. The van der Waals surface area contributed by atoms with Crippen LogP contribution in [0.3, 0.4) is 0 Å². The van der Waals surface area contributed by atoms with E-state index in [0.29, 0.717) is 50.1 Å². The van der Waals surface area contributed by atoms with Gasteiger partial charge in [-0.25, -0.2) is 0 Å². The molecule has 0 amide bonds. The van der Waals surface area contributed by atoms with Crippen molar-refractivity contribution in [3.05, 3.63) is 289 Å². The minimum Gasteiger partial charge on any atom is -0.465 e. The Balaban J connectivity index is -0.000000352. The maximum Gasteiger partial charge on any atom is 0.308 e. The van der Waals surface area contributed by atoms with E-state index in [1.807, 2.05) is 143 Å². The van der Waals surface area contributed by atoms with Crippen LogP contribution in [0.2, 0.25) is 24.7 Å². The average Bonchev–Trinajstić information content (AvgIpc) is 1.61. The highest BCUT2D eigenvalue weighted by atomic mass is 28.3. The van der Waals surface area contributed by atoms with E-state index < -0.39 is 8.07 Å². The number of ketones is 1. The summed E-state index contributed by atoms with van der Waals surface area (Å²) in [5, 5.41) is 8.81. The second kappa shape index (κ2) is 89.7. The van der Waals surface area contributed by atoms with E-state index in [0.717, 1.165) is 85.0 Å². The number of Topliss-reactive ketones (excluding diaryl/α,β-unsaturated/α-hetero) is 1. The first-order valence-electron chi connectivity index (χ1n) is 53.1. The second-order valence-corrected chi connectivity index (χ2v) is 49.0. The number of ether oxygens (including phenoxy) is 5. The molecule has 0 spiro atoms. The van der Waals surface area contributed by atoms with E-state index in [9.17, 15) is 24.0 Å². The SMILES string of the molecule is C=CCC(C)C.C=CCOC(=O)C(C)C.CC(=O)C(C)C.CC(C)C.CC(C)C(=O)OCC1c2ccccc2-c2ccccc21.CC(C)CC(C)C.CC(C)COC(=O)C(C)C.CC(C)COCc1ccccc1.CC(C)C[Si](C)(C)C(C)C.CC(C)Cc1ccc(CO)cc1.CC(C)Cc1ccccc1.CC(C)c1ccccc1.CCC(C)C.CCCOC(=O)C(C)C.c1ccc(-c2ccccc2)cc1. The van der Waals surface area contributed by atoms with Gasteiger partial charge in [0.1, 0.15) is 19.0 Å². The van der Waals surface area contributed by atoms with Crippen molar-refractivity contribution in [2.24, 2.45) is 88.8 Å². The maximum atomic E-state index is 11.7. The first kappa shape index (κ1) is 143. The average molecular weight is 1970 g/mol. The number of hydrogen-bond acceptors (Lipinski definition) is 11. The number of allylic oxidation sites excluding steroid dienone is 1. The van der Waals surface area contributed by atoms with Crippen molar-refractivity contribution in [1.29, 1.82) is 0 Å². The van der Waals surface area contributed by atoms with Gasteiger partial charge in [-0.3, -0.25) is 24.0 Å². The predicted octanol–water partition coefficient (Wildman–Crippen LogP) is 36.7. The summed E-state index contributed by atoms with van der Waals surface area (Å²) in [5.74, 6) is 8.33. The van der Waals surface area contributed by atoms with Crippen LogP contribution in [0.25, 0.3) is 22.3 Å². The minimum atomic E-state index is -0.844. The number of aliphatic hydroxyl groups excluding tert-OH is 1. The summed E-state index contributed by atoms with van der Waals surface area (Å²) in [6.45, 7) is 95.2. The van der Waals surface area contributed by atoms with E-state index in [1.54, 1.807) is 26.8 Å². The van der Waals surface area contributed by atoms with Crippen molar-refractivity contribution in [3.8, 4) is 22.3 Å². The first-order chi connectivity index (χ1) is 66.0. The van der Waals surface area contributed by atoms with Crippen LogP contribution in [0, 0.1) is 88.8 Å². The molecule has 0 saturated carbocycles. The molecule has 0 aliphatic heterocycles. The molecule has 8 aromatic rings. The highest BCUT2D eigenvalue weighted by Crippen LogP contribution is 2.44. The molecule has 9 rings (SSSR count). The molecule has 0 saturated heterocycles. The van der Waals surface area contributed by atoms with E-state index >= 15 is 0 Å². The molecule has 12 heteroatoms. The van der Waals surface area contributed by atoms with Gasteiger partial charge in [0.05, 0.1) is 58.2 Å².